The number of nitrogens with zero attached hydrogens (tertiary/aromatic N) is 3. The van der Waals surface area contributed by atoms with Crippen molar-refractivity contribution in [3.05, 3.63) is 82.9 Å². The Morgan fingerprint density at radius 1 is 0.969 bits per heavy atom. The van der Waals surface area contributed by atoms with Crippen molar-refractivity contribution in [3.8, 4) is 0 Å². The van der Waals surface area contributed by atoms with E-state index in [0.29, 0.717) is 0 Å². The molecule has 0 bridgehead atoms. The first-order chi connectivity index (χ1) is 15.5. The first kappa shape index (κ1) is 20.6. The summed E-state index contributed by atoms with van der Waals surface area (Å²) in [5.74, 6) is 1.69. The third-order valence-electron chi connectivity index (χ3n) is 6.52. The first-order valence-corrected chi connectivity index (χ1v) is 11.6. The minimum absolute atomic E-state index is 0.803. The van der Waals surface area contributed by atoms with Gasteiger partial charge in [-0.25, -0.2) is 4.98 Å². The average Bonchev–Trinajstić information content (AvgIpc) is 3.53. The van der Waals surface area contributed by atoms with E-state index in [0.717, 1.165) is 36.2 Å². The predicted molar refractivity (Wildman–Crippen MR) is 135 cm³/mol. The Morgan fingerprint density at radius 2 is 1.69 bits per heavy atom. The van der Waals surface area contributed by atoms with Crippen LogP contribution in [0.2, 0.25) is 0 Å². The molecule has 1 aliphatic carbocycles. The minimum Gasteiger partial charge on any atom is -0.365 e. The smallest absolute Gasteiger partial charge is 0.208 e. The summed E-state index contributed by atoms with van der Waals surface area (Å²) in [6, 6.07) is 21.7. The van der Waals surface area contributed by atoms with Gasteiger partial charge in [0.15, 0.2) is 0 Å². The van der Waals surface area contributed by atoms with Crippen LogP contribution in [0.1, 0.15) is 35.1 Å². The van der Waals surface area contributed by atoms with E-state index in [-0.39, 0.29) is 0 Å². The Morgan fingerprint density at radius 3 is 2.38 bits per heavy atom. The lowest BCUT2D eigenvalue weighted by molar-refractivity contribution is 0.723. The molecule has 1 aromatic heterocycles. The van der Waals surface area contributed by atoms with E-state index in [1.807, 2.05) is 0 Å². The van der Waals surface area contributed by atoms with Crippen molar-refractivity contribution in [1.29, 1.82) is 0 Å². The normalized spacial score (nSPS) is 13.5. The predicted octanol–water partition coefficient (Wildman–Crippen LogP) is 6.66. The minimum atomic E-state index is 0.803. The molecule has 0 spiro atoms. The van der Waals surface area contributed by atoms with E-state index in [1.165, 1.54) is 46.3 Å². The molecule has 5 rings (SSSR count). The number of fused-ring (bicyclic) bond motifs is 1. The number of para-hydroxylation sites is 1. The molecule has 0 radical (unpaired) electrons. The number of hydrogen-bond acceptors (Lipinski definition) is 3. The molecule has 0 unspecified atom stereocenters. The third kappa shape index (κ3) is 4.10. The summed E-state index contributed by atoms with van der Waals surface area (Å²) < 4.78 is 2.22. The van der Waals surface area contributed by atoms with E-state index < -0.39 is 0 Å². The molecule has 0 amide bonds. The van der Waals surface area contributed by atoms with Crippen molar-refractivity contribution in [3.63, 3.8) is 0 Å². The highest BCUT2D eigenvalue weighted by Crippen LogP contribution is 2.36. The SMILES string of the molecule is Cc1cc(C)c(Nc2nc3cccc(N(Cc4ccccc4)CC4CC4)c3n2C)c(C)c1. The van der Waals surface area contributed by atoms with Crippen LogP contribution < -0.4 is 10.2 Å². The maximum atomic E-state index is 4.98. The first-order valence-electron chi connectivity index (χ1n) is 11.6. The van der Waals surface area contributed by atoms with E-state index in [9.17, 15) is 0 Å². The lowest BCUT2D eigenvalue weighted by atomic mass is 10.1. The van der Waals surface area contributed by atoms with Gasteiger partial charge in [0.25, 0.3) is 0 Å². The standard InChI is InChI=1S/C28H32N4/c1-19-15-20(2)26(21(3)16-19)30-28-29-24-11-8-12-25(27(24)31(28)4)32(18-23-13-14-23)17-22-9-6-5-7-10-22/h5-12,15-16,23H,13-14,17-18H2,1-4H3,(H,29,30). The van der Waals surface area contributed by atoms with Crippen molar-refractivity contribution < 1.29 is 0 Å². The fraction of sp³-hybridized carbons (Fsp3) is 0.321. The van der Waals surface area contributed by atoms with Crippen LogP contribution in [0, 0.1) is 26.7 Å². The highest BCUT2D eigenvalue weighted by Gasteiger charge is 2.26. The molecule has 4 heteroatoms. The molecule has 4 aromatic rings. The van der Waals surface area contributed by atoms with Crippen molar-refractivity contribution in [2.75, 3.05) is 16.8 Å². The summed E-state index contributed by atoms with van der Waals surface area (Å²) in [6.07, 6.45) is 2.68. The van der Waals surface area contributed by atoms with Crippen LogP contribution in [0.15, 0.2) is 60.7 Å². The van der Waals surface area contributed by atoms with Gasteiger partial charge in [0.1, 0.15) is 0 Å². The summed E-state index contributed by atoms with van der Waals surface area (Å²) in [7, 11) is 2.12. The molecule has 1 heterocycles. The highest BCUT2D eigenvalue weighted by molar-refractivity contribution is 5.91. The van der Waals surface area contributed by atoms with Gasteiger partial charge in [0.2, 0.25) is 5.95 Å². The molecule has 0 saturated heterocycles. The zero-order valence-electron chi connectivity index (χ0n) is 19.5. The number of aromatic nitrogens is 2. The summed E-state index contributed by atoms with van der Waals surface area (Å²) in [4.78, 5) is 7.53. The Labute approximate surface area is 190 Å². The topological polar surface area (TPSA) is 33.1 Å². The van der Waals surface area contributed by atoms with Gasteiger partial charge in [-0.1, -0.05) is 54.1 Å². The molecule has 1 saturated carbocycles. The second-order valence-corrected chi connectivity index (χ2v) is 9.35. The summed E-state index contributed by atoms with van der Waals surface area (Å²) in [5, 5.41) is 3.63. The molecule has 32 heavy (non-hydrogen) atoms. The molecule has 0 atom stereocenters. The van der Waals surface area contributed by atoms with Crippen molar-refractivity contribution >= 4 is 28.4 Å². The Kier molecular flexibility index (Phi) is 5.38. The van der Waals surface area contributed by atoms with Gasteiger partial charge >= 0.3 is 0 Å². The van der Waals surface area contributed by atoms with Gasteiger partial charge < -0.3 is 14.8 Å². The molecule has 4 nitrogen and oxygen atoms in total. The molecule has 1 N–H and O–H groups in total. The van der Waals surface area contributed by atoms with E-state index in [2.05, 4.69) is 103 Å². The van der Waals surface area contributed by atoms with Gasteiger partial charge in [-0.05, 0) is 68.4 Å². The number of anilines is 3. The Balaban J connectivity index is 1.55. The van der Waals surface area contributed by atoms with Crippen LogP contribution in [0.5, 0.6) is 0 Å². The number of nitrogens with one attached hydrogen (secondary N) is 1. The van der Waals surface area contributed by atoms with E-state index >= 15 is 0 Å². The molecular formula is C28H32N4. The molecule has 0 aliphatic heterocycles. The third-order valence-corrected chi connectivity index (χ3v) is 6.52. The fourth-order valence-electron chi connectivity index (χ4n) is 4.77. The van der Waals surface area contributed by atoms with Gasteiger partial charge in [-0.15, -0.1) is 0 Å². The summed E-state index contributed by atoms with van der Waals surface area (Å²) in [6.45, 7) is 8.48. The lowest BCUT2D eigenvalue weighted by Crippen LogP contribution is -2.25. The second-order valence-electron chi connectivity index (χ2n) is 9.35. The molecule has 164 valence electrons. The van der Waals surface area contributed by atoms with E-state index in [4.69, 9.17) is 4.98 Å². The van der Waals surface area contributed by atoms with Gasteiger partial charge in [-0.2, -0.15) is 0 Å². The zero-order valence-corrected chi connectivity index (χ0v) is 19.5. The monoisotopic (exact) mass is 424 g/mol. The van der Waals surface area contributed by atoms with Crippen LogP contribution in [-0.2, 0) is 13.6 Å². The van der Waals surface area contributed by atoms with Crippen molar-refractivity contribution in [1.82, 2.24) is 9.55 Å². The van der Waals surface area contributed by atoms with Crippen molar-refractivity contribution in [2.45, 2.75) is 40.2 Å². The Hall–Kier alpha value is -3.27. The molecule has 1 fully saturated rings. The maximum Gasteiger partial charge on any atom is 0.208 e. The largest absolute Gasteiger partial charge is 0.365 e. The van der Waals surface area contributed by atoms with Crippen LogP contribution in [0.3, 0.4) is 0 Å². The van der Waals surface area contributed by atoms with Crippen LogP contribution in [0.4, 0.5) is 17.3 Å². The van der Waals surface area contributed by atoms with Crippen LogP contribution >= 0.6 is 0 Å². The Bertz CT molecular complexity index is 1230. The van der Waals surface area contributed by atoms with Crippen LogP contribution in [0.25, 0.3) is 11.0 Å². The number of aryl methyl sites for hydroxylation is 4. The number of benzene rings is 3. The quantitative estimate of drug-likeness (QED) is 0.360. The number of rotatable bonds is 7. The van der Waals surface area contributed by atoms with E-state index in [1.54, 1.807) is 0 Å². The number of hydrogen-bond donors (Lipinski definition) is 1. The molecule has 3 aromatic carbocycles. The average molecular weight is 425 g/mol. The van der Waals surface area contributed by atoms with Crippen molar-refractivity contribution in [2.24, 2.45) is 13.0 Å². The number of imidazole rings is 1. The zero-order chi connectivity index (χ0) is 22.2. The second kappa shape index (κ2) is 8.34. The molecule has 1 aliphatic rings. The highest BCUT2D eigenvalue weighted by atomic mass is 15.2. The van der Waals surface area contributed by atoms with Crippen LogP contribution in [-0.4, -0.2) is 16.1 Å². The van der Waals surface area contributed by atoms with Gasteiger partial charge in [-0.3, -0.25) is 0 Å². The maximum absolute atomic E-state index is 4.98. The fourth-order valence-corrected chi connectivity index (χ4v) is 4.77. The lowest BCUT2D eigenvalue weighted by Gasteiger charge is -2.26. The molecular weight excluding hydrogens is 392 g/mol. The summed E-state index contributed by atoms with van der Waals surface area (Å²) >= 11 is 0. The van der Waals surface area contributed by atoms with Gasteiger partial charge in [0.05, 0.1) is 16.7 Å². The van der Waals surface area contributed by atoms with Gasteiger partial charge in [0, 0.05) is 25.8 Å². The summed E-state index contributed by atoms with van der Waals surface area (Å²) in [5.41, 5.74) is 9.75.